The molecule has 0 saturated heterocycles. The van der Waals surface area contributed by atoms with E-state index in [0.29, 0.717) is 17.3 Å². The van der Waals surface area contributed by atoms with Crippen molar-refractivity contribution >= 4 is 29.3 Å². The van der Waals surface area contributed by atoms with E-state index >= 15 is 0 Å². The first-order valence-corrected chi connectivity index (χ1v) is 12.6. The number of nitrogens with one attached hydrogen (secondary N) is 2. The van der Waals surface area contributed by atoms with Gasteiger partial charge in [-0.15, -0.1) is 0 Å². The number of ether oxygens (including phenoxy) is 2. The lowest BCUT2D eigenvalue weighted by Gasteiger charge is -2.15. The van der Waals surface area contributed by atoms with Crippen molar-refractivity contribution in [3.63, 3.8) is 0 Å². The number of rotatable bonds is 10. The molecule has 1 heterocycles. The molecule has 1 unspecified atom stereocenters. The molecule has 0 saturated carbocycles. The number of hydrogen-bond donors (Lipinski definition) is 3. The van der Waals surface area contributed by atoms with Crippen LogP contribution >= 0.6 is 11.8 Å². The van der Waals surface area contributed by atoms with Gasteiger partial charge in [0.1, 0.15) is 11.5 Å². The number of carbonyl (C=O) groups is 2. The Bertz CT molecular complexity index is 1320. The summed E-state index contributed by atoms with van der Waals surface area (Å²) in [5.41, 5.74) is 9.52. The number of amides is 2. The molecule has 0 fully saturated rings. The van der Waals surface area contributed by atoms with E-state index in [1.807, 2.05) is 55.5 Å². The molecular weight excluding hydrogens is 488 g/mol. The standard InChI is InChI=1S/C28H28N4O4S/c1-4-23(27(34)30-22-8-6-5-7-21(22)26(29)33)37-28-31-24(17-9-13-19(35-2)14-10-17)25(32-28)18-11-15-20(36-3)16-12-18/h5-16,23H,4H2,1-3H3,(H2,29,33)(H,30,34)(H,31,32). The van der Waals surface area contributed by atoms with Gasteiger partial charge in [0.2, 0.25) is 5.91 Å². The molecule has 0 aliphatic rings. The first-order valence-electron chi connectivity index (χ1n) is 11.7. The van der Waals surface area contributed by atoms with Crippen molar-refractivity contribution in [1.29, 1.82) is 0 Å². The number of aromatic amines is 1. The molecule has 4 rings (SSSR count). The Morgan fingerprint density at radius 1 is 0.946 bits per heavy atom. The molecule has 1 aromatic heterocycles. The predicted molar refractivity (Wildman–Crippen MR) is 146 cm³/mol. The molecule has 1 atom stereocenters. The van der Waals surface area contributed by atoms with Gasteiger partial charge in [0, 0.05) is 11.1 Å². The van der Waals surface area contributed by atoms with Crippen molar-refractivity contribution in [3.05, 3.63) is 78.4 Å². The number of nitrogens with zero attached hydrogens (tertiary/aromatic N) is 1. The van der Waals surface area contributed by atoms with E-state index in [9.17, 15) is 9.59 Å². The Hall–Kier alpha value is -4.24. The quantitative estimate of drug-likeness (QED) is 0.244. The average Bonchev–Trinajstić information content (AvgIpc) is 3.35. The van der Waals surface area contributed by atoms with Gasteiger partial charge in [-0.05, 0) is 67.1 Å². The van der Waals surface area contributed by atoms with Gasteiger partial charge in [-0.2, -0.15) is 0 Å². The normalized spacial score (nSPS) is 11.5. The van der Waals surface area contributed by atoms with Crippen LogP contribution in [0, 0.1) is 0 Å². The van der Waals surface area contributed by atoms with Crippen LogP contribution in [0.4, 0.5) is 5.69 Å². The smallest absolute Gasteiger partial charge is 0.250 e. The molecule has 190 valence electrons. The number of thioether (sulfide) groups is 1. The van der Waals surface area contributed by atoms with Crippen molar-refractivity contribution in [2.24, 2.45) is 5.73 Å². The Balaban J connectivity index is 1.65. The van der Waals surface area contributed by atoms with Crippen LogP contribution in [0.3, 0.4) is 0 Å². The highest BCUT2D eigenvalue weighted by atomic mass is 32.2. The summed E-state index contributed by atoms with van der Waals surface area (Å²) in [6.07, 6.45) is 0.547. The van der Waals surface area contributed by atoms with Gasteiger partial charge in [-0.25, -0.2) is 4.98 Å². The second-order valence-corrected chi connectivity index (χ2v) is 9.33. The van der Waals surface area contributed by atoms with Gasteiger partial charge in [0.25, 0.3) is 5.91 Å². The number of anilines is 1. The second-order valence-electron chi connectivity index (χ2n) is 8.14. The number of nitrogens with two attached hydrogens (primary N) is 1. The Kier molecular flexibility index (Phi) is 8.15. The first kappa shape index (κ1) is 25.8. The Labute approximate surface area is 219 Å². The zero-order chi connectivity index (χ0) is 26.4. The van der Waals surface area contributed by atoms with Crippen molar-refractivity contribution in [3.8, 4) is 34.0 Å². The van der Waals surface area contributed by atoms with Crippen LogP contribution in [0.15, 0.2) is 78.0 Å². The minimum absolute atomic E-state index is 0.241. The zero-order valence-electron chi connectivity index (χ0n) is 20.8. The van der Waals surface area contributed by atoms with E-state index in [1.54, 1.807) is 38.5 Å². The highest BCUT2D eigenvalue weighted by Crippen LogP contribution is 2.36. The summed E-state index contributed by atoms with van der Waals surface area (Å²) >= 11 is 1.33. The van der Waals surface area contributed by atoms with E-state index in [2.05, 4.69) is 10.3 Å². The topological polar surface area (TPSA) is 119 Å². The fourth-order valence-electron chi connectivity index (χ4n) is 3.81. The van der Waals surface area contributed by atoms with Gasteiger partial charge in [-0.1, -0.05) is 30.8 Å². The molecule has 0 aliphatic heterocycles. The summed E-state index contributed by atoms with van der Waals surface area (Å²) in [6, 6.07) is 22.0. The van der Waals surface area contributed by atoms with Gasteiger partial charge in [-0.3, -0.25) is 9.59 Å². The molecule has 2 amide bonds. The first-order chi connectivity index (χ1) is 17.9. The Morgan fingerprint density at radius 3 is 2.11 bits per heavy atom. The highest BCUT2D eigenvalue weighted by Gasteiger charge is 2.23. The van der Waals surface area contributed by atoms with E-state index in [-0.39, 0.29) is 11.5 Å². The molecule has 3 aromatic carbocycles. The maximum Gasteiger partial charge on any atom is 0.250 e. The maximum atomic E-state index is 13.1. The monoisotopic (exact) mass is 516 g/mol. The minimum atomic E-state index is -0.601. The van der Waals surface area contributed by atoms with Crippen LogP contribution < -0.4 is 20.5 Å². The van der Waals surface area contributed by atoms with Gasteiger partial charge < -0.3 is 25.5 Å². The molecule has 0 aliphatic carbocycles. The van der Waals surface area contributed by atoms with E-state index in [0.717, 1.165) is 34.0 Å². The number of benzene rings is 3. The molecule has 0 radical (unpaired) electrons. The van der Waals surface area contributed by atoms with Gasteiger partial charge >= 0.3 is 0 Å². The van der Waals surface area contributed by atoms with Crippen LogP contribution in [0.2, 0.25) is 0 Å². The summed E-state index contributed by atoms with van der Waals surface area (Å²) in [5.74, 6) is 0.659. The lowest BCUT2D eigenvalue weighted by atomic mass is 10.0. The number of aromatic nitrogens is 2. The summed E-state index contributed by atoms with van der Waals surface area (Å²) in [4.78, 5) is 33.2. The molecule has 4 N–H and O–H groups in total. The number of para-hydroxylation sites is 1. The summed E-state index contributed by atoms with van der Waals surface area (Å²) in [6.45, 7) is 1.93. The van der Waals surface area contributed by atoms with Crippen molar-refractivity contribution in [2.75, 3.05) is 19.5 Å². The van der Waals surface area contributed by atoms with E-state index in [4.69, 9.17) is 20.2 Å². The van der Waals surface area contributed by atoms with Crippen LogP contribution in [0.1, 0.15) is 23.7 Å². The second kappa shape index (κ2) is 11.7. The van der Waals surface area contributed by atoms with Crippen LogP contribution in [-0.4, -0.2) is 41.3 Å². The summed E-state index contributed by atoms with van der Waals surface area (Å²) in [5, 5.41) is 2.98. The molecule has 8 nitrogen and oxygen atoms in total. The summed E-state index contributed by atoms with van der Waals surface area (Å²) < 4.78 is 10.6. The maximum absolute atomic E-state index is 13.1. The molecule has 9 heteroatoms. The molecule has 0 spiro atoms. The highest BCUT2D eigenvalue weighted by molar-refractivity contribution is 8.00. The van der Waals surface area contributed by atoms with E-state index < -0.39 is 11.2 Å². The average molecular weight is 517 g/mol. The lowest BCUT2D eigenvalue weighted by Crippen LogP contribution is -2.26. The Morgan fingerprint density at radius 2 is 1.54 bits per heavy atom. The van der Waals surface area contributed by atoms with Crippen LogP contribution in [0.5, 0.6) is 11.5 Å². The predicted octanol–water partition coefficient (Wildman–Crippen LogP) is 5.37. The van der Waals surface area contributed by atoms with Gasteiger partial charge in [0.05, 0.1) is 42.1 Å². The van der Waals surface area contributed by atoms with Crippen molar-refractivity contribution in [2.45, 2.75) is 23.8 Å². The molecule has 37 heavy (non-hydrogen) atoms. The van der Waals surface area contributed by atoms with Crippen LogP contribution in [0.25, 0.3) is 22.5 Å². The fourth-order valence-corrected chi connectivity index (χ4v) is 4.72. The zero-order valence-corrected chi connectivity index (χ0v) is 21.6. The van der Waals surface area contributed by atoms with Gasteiger partial charge in [0.15, 0.2) is 5.16 Å². The molecule has 4 aromatic rings. The summed E-state index contributed by atoms with van der Waals surface area (Å²) in [7, 11) is 3.25. The van der Waals surface area contributed by atoms with Crippen molar-refractivity contribution in [1.82, 2.24) is 9.97 Å². The third-order valence-electron chi connectivity index (χ3n) is 5.79. The minimum Gasteiger partial charge on any atom is -0.497 e. The lowest BCUT2D eigenvalue weighted by molar-refractivity contribution is -0.115. The SMILES string of the molecule is CCC(Sc1nc(-c2ccc(OC)cc2)c(-c2ccc(OC)cc2)[nH]1)C(=O)Nc1ccccc1C(N)=O. The number of carbonyl (C=O) groups excluding carboxylic acids is 2. The van der Waals surface area contributed by atoms with Crippen molar-refractivity contribution < 1.29 is 19.1 Å². The number of hydrogen-bond acceptors (Lipinski definition) is 6. The van der Waals surface area contributed by atoms with Crippen LogP contribution in [-0.2, 0) is 4.79 Å². The third kappa shape index (κ3) is 5.95. The molecule has 0 bridgehead atoms. The number of methoxy groups -OCH3 is 2. The number of H-pyrrole nitrogens is 1. The van der Waals surface area contributed by atoms with E-state index in [1.165, 1.54) is 11.8 Å². The number of primary amides is 1. The fraction of sp³-hybridized carbons (Fsp3) is 0.179. The number of imidazole rings is 1. The third-order valence-corrected chi connectivity index (χ3v) is 7.04. The molecular formula is C28H28N4O4S. The largest absolute Gasteiger partial charge is 0.497 e.